The minimum absolute atomic E-state index is 0.220. The number of rotatable bonds is 4. The molecule has 130 valence electrons. The van der Waals surface area contributed by atoms with E-state index in [0.717, 1.165) is 5.57 Å². The van der Waals surface area contributed by atoms with Crippen molar-refractivity contribution in [2.75, 3.05) is 11.1 Å². The molecule has 1 aliphatic carbocycles. The molecule has 9 heteroatoms. The number of carbonyl (C=O) groups is 1. The third kappa shape index (κ3) is 4.15. The molecule has 2 aromatic rings. The summed E-state index contributed by atoms with van der Waals surface area (Å²) in [5.74, 6) is 1.23. The van der Waals surface area contributed by atoms with Gasteiger partial charge in [0.05, 0.1) is 17.6 Å². The first kappa shape index (κ1) is 17.4. The lowest BCUT2D eigenvalue weighted by Gasteiger charge is -2.24. The number of thiazole rings is 1. The highest BCUT2D eigenvalue weighted by molar-refractivity contribution is 7.17. The number of hydrogen-bond donors (Lipinski definition) is 3. The maximum Gasteiger partial charge on any atom is 0.263 e. The van der Waals surface area contributed by atoms with E-state index in [9.17, 15) is 4.79 Å². The highest BCUT2D eigenvalue weighted by Gasteiger charge is 2.24. The molecule has 25 heavy (non-hydrogen) atoms. The van der Waals surface area contributed by atoms with Crippen LogP contribution in [0.2, 0.25) is 0 Å². The lowest BCUT2D eigenvalue weighted by atomic mass is 10.00. The second-order valence-electron chi connectivity index (χ2n) is 5.57. The highest BCUT2D eigenvalue weighted by Crippen LogP contribution is 2.24. The van der Waals surface area contributed by atoms with E-state index in [1.165, 1.54) is 17.5 Å². The van der Waals surface area contributed by atoms with E-state index in [0.29, 0.717) is 27.5 Å². The Morgan fingerprint density at radius 1 is 1.36 bits per heavy atom. The van der Waals surface area contributed by atoms with E-state index in [1.54, 1.807) is 13.0 Å². The second kappa shape index (κ2) is 7.20. The van der Waals surface area contributed by atoms with Crippen LogP contribution in [-0.2, 0) is 0 Å². The van der Waals surface area contributed by atoms with Crippen molar-refractivity contribution in [1.29, 1.82) is 0 Å². The highest BCUT2D eigenvalue weighted by atomic mass is 35.5. The number of alkyl halides is 1. The number of nitrogens with two attached hydrogens (primary N) is 1. The number of amides is 1. The van der Waals surface area contributed by atoms with Crippen molar-refractivity contribution in [2.45, 2.75) is 25.3 Å². The number of aromatic nitrogens is 3. The largest absolute Gasteiger partial charge is 0.384 e. The van der Waals surface area contributed by atoms with Gasteiger partial charge < -0.3 is 16.4 Å². The van der Waals surface area contributed by atoms with Gasteiger partial charge >= 0.3 is 0 Å². The van der Waals surface area contributed by atoms with Crippen molar-refractivity contribution in [1.82, 2.24) is 20.3 Å². The van der Waals surface area contributed by atoms with E-state index < -0.39 is 0 Å². The summed E-state index contributed by atoms with van der Waals surface area (Å²) < 4.78 is 0. The van der Waals surface area contributed by atoms with Crippen LogP contribution in [0.4, 0.5) is 16.8 Å². The Bertz CT molecular complexity index is 842. The minimum atomic E-state index is -0.272. The molecule has 2 heterocycles. The average Bonchev–Trinajstić information content (AvgIpc) is 2.98. The summed E-state index contributed by atoms with van der Waals surface area (Å²) in [7, 11) is 0. The normalized spacial score (nSPS) is 19.4. The predicted octanol–water partition coefficient (Wildman–Crippen LogP) is 2.79. The Hall–Kier alpha value is -2.45. The van der Waals surface area contributed by atoms with Gasteiger partial charge in [0, 0.05) is 6.07 Å². The summed E-state index contributed by atoms with van der Waals surface area (Å²) >= 11 is 7.48. The maximum absolute atomic E-state index is 12.5. The van der Waals surface area contributed by atoms with E-state index in [4.69, 9.17) is 17.3 Å². The smallest absolute Gasteiger partial charge is 0.263 e. The fourth-order valence-electron chi connectivity index (χ4n) is 2.39. The summed E-state index contributed by atoms with van der Waals surface area (Å²) in [5, 5.41) is 6.24. The number of nitrogens with zero attached hydrogens (tertiary/aromatic N) is 3. The molecule has 0 fully saturated rings. The Morgan fingerprint density at radius 3 is 2.88 bits per heavy atom. The number of allylic oxidation sites excluding steroid dienone is 2. The number of nitrogens with one attached hydrogen (secondary N) is 2. The van der Waals surface area contributed by atoms with Crippen LogP contribution >= 0.6 is 22.9 Å². The first-order valence-corrected chi connectivity index (χ1v) is 8.81. The molecule has 2 unspecified atom stereocenters. The first-order chi connectivity index (χ1) is 11.9. The monoisotopic (exact) mass is 376 g/mol. The van der Waals surface area contributed by atoms with Crippen molar-refractivity contribution < 1.29 is 4.79 Å². The van der Waals surface area contributed by atoms with Gasteiger partial charge in [-0.05, 0) is 19.4 Å². The maximum atomic E-state index is 12.5. The lowest BCUT2D eigenvalue weighted by Crippen LogP contribution is -2.41. The molecule has 7 nitrogen and oxygen atoms in total. The molecule has 3 rings (SSSR count). The van der Waals surface area contributed by atoms with Gasteiger partial charge in [-0.1, -0.05) is 29.6 Å². The van der Waals surface area contributed by atoms with Gasteiger partial charge in [-0.15, -0.1) is 11.6 Å². The topological polar surface area (TPSA) is 106 Å². The van der Waals surface area contributed by atoms with E-state index in [-0.39, 0.29) is 17.3 Å². The summed E-state index contributed by atoms with van der Waals surface area (Å²) in [6.07, 6.45) is 7.19. The third-order valence-corrected chi connectivity index (χ3v) is 4.88. The molecule has 0 radical (unpaired) electrons. The SMILES string of the molecule is CC1=CC=CC(Cl)C1NC(=O)c1cnc(Nc2cc(N)nc(C)n2)s1. The molecule has 0 aromatic carbocycles. The summed E-state index contributed by atoms with van der Waals surface area (Å²) in [6.45, 7) is 3.69. The molecule has 2 atom stereocenters. The summed E-state index contributed by atoms with van der Waals surface area (Å²) in [4.78, 5) is 25.4. The quantitative estimate of drug-likeness (QED) is 0.708. The number of nitrogen functional groups attached to an aromatic ring is 1. The van der Waals surface area contributed by atoms with Gasteiger partial charge in [-0.2, -0.15) is 0 Å². The third-order valence-electron chi connectivity index (χ3n) is 3.57. The lowest BCUT2D eigenvalue weighted by molar-refractivity contribution is 0.0947. The zero-order valence-electron chi connectivity index (χ0n) is 13.7. The van der Waals surface area contributed by atoms with Crippen molar-refractivity contribution in [2.24, 2.45) is 0 Å². The standard InChI is InChI=1S/C16H17ClN6OS/c1-8-4-3-5-10(17)14(8)23-15(24)11-7-19-16(25-11)22-13-6-12(18)20-9(2)21-13/h3-7,10,14H,1-2H3,(H,23,24)(H3,18,19,20,21,22). The molecule has 2 aromatic heterocycles. The molecule has 1 amide bonds. The van der Waals surface area contributed by atoms with Crippen LogP contribution in [0, 0.1) is 6.92 Å². The molecule has 0 aliphatic heterocycles. The molecule has 0 bridgehead atoms. The fraction of sp³-hybridized carbons (Fsp3) is 0.250. The number of hydrogen-bond acceptors (Lipinski definition) is 7. The number of carbonyl (C=O) groups excluding carboxylic acids is 1. The van der Waals surface area contributed by atoms with Gasteiger partial charge in [-0.3, -0.25) is 4.79 Å². The number of anilines is 3. The Kier molecular flexibility index (Phi) is 5.00. The molecule has 0 spiro atoms. The van der Waals surface area contributed by atoms with Gasteiger partial charge in [-0.25, -0.2) is 15.0 Å². The van der Waals surface area contributed by atoms with Crippen LogP contribution < -0.4 is 16.4 Å². The minimum Gasteiger partial charge on any atom is -0.384 e. The molecule has 0 saturated carbocycles. The van der Waals surface area contributed by atoms with Crippen molar-refractivity contribution in [3.8, 4) is 0 Å². The van der Waals surface area contributed by atoms with Crippen molar-refractivity contribution in [3.05, 3.63) is 46.8 Å². The van der Waals surface area contributed by atoms with Crippen molar-refractivity contribution in [3.63, 3.8) is 0 Å². The summed E-state index contributed by atoms with van der Waals surface area (Å²) in [6, 6.07) is 1.37. The predicted molar refractivity (Wildman–Crippen MR) is 100 cm³/mol. The Morgan fingerprint density at radius 2 is 2.16 bits per heavy atom. The first-order valence-electron chi connectivity index (χ1n) is 7.56. The molecular formula is C16H17ClN6OS. The van der Waals surface area contributed by atoms with Crippen LogP contribution in [0.1, 0.15) is 22.4 Å². The van der Waals surface area contributed by atoms with Crippen LogP contribution in [0.3, 0.4) is 0 Å². The molecule has 0 saturated heterocycles. The van der Waals surface area contributed by atoms with E-state index in [2.05, 4.69) is 25.6 Å². The van der Waals surface area contributed by atoms with Gasteiger partial charge in [0.2, 0.25) is 0 Å². The van der Waals surface area contributed by atoms with Gasteiger partial charge in [0.1, 0.15) is 22.3 Å². The zero-order valence-corrected chi connectivity index (χ0v) is 15.2. The van der Waals surface area contributed by atoms with Gasteiger partial charge in [0.15, 0.2) is 5.13 Å². The average molecular weight is 377 g/mol. The summed E-state index contributed by atoms with van der Waals surface area (Å²) in [5.41, 5.74) is 6.71. The second-order valence-corrected chi connectivity index (χ2v) is 7.11. The molecule has 4 N–H and O–H groups in total. The van der Waals surface area contributed by atoms with Crippen molar-refractivity contribution >= 4 is 45.6 Å². The number of aryl methyl sites for hydroxylation is 1. The Labute approximate surface area is 154 Å². The van der Waals surface area contributed by atoms with E-state index >= 15 is 0 Å². The molecular weight excluding hydrogens is 360 g/mol. The fourth-order valence-corrected chi connectivity index (χ4v) is 3.46. The van der Waals surface area contributed by atoms with Crippen LogP contribution in [0.25, 0.3) is 0 Å². The van der Waals surface area contributed by atoms with Crippen LogP contribution in [-0.4, -0.2) is 32.3 Å². The Balaban J connectivity index is 1.69. The van der Waals surface area contributed by atoms with Crippen LogP contribution in [0.15, 0.2) is 36.1 Å². The van der Waals surface area contributed by atoms with E-state index in [1.807, 2.05) is 25.2 Å². The zero-order chi connectivity index (χ0) is 18.0. The molecule has 1 aliphatic rings. The van der Waals surface area contributed by atoms with Crippen LogP contribution in [0.5, 0.6) is 0 Å². The number of halogens is 1. The van der Waals surface area contributed by atoms with Gasteiger partial charge in [0.25, 0.3) is 5.91 Å².